The third-order valence-corrected chi connectivity index (χ3v) is 4.70. The second-order valence-electron chi connectivity index (χ2n) is 7.26. The summed E-state index contributed by atoms with van der Waals surface area (Å²) in [6.45, 7) is 3.66. The highest BCUT2D eigenvalue weighted by atomic mass is 35.5. The molecule has 3 aromatic rings. The van der Waals surface area contributed by atoms with E-state index in [4.69, 9.17) is 10.5 Å². The van der Waals surface area contributed by atoms with Crippen molar-refractivity contribution >= 4 is 30.7 Å². The molecule has 0 bridgehead atoms. The van der Waals surface area contributed by atoms with Crippen LogP contribution in [0, 0.1) is 6.92 Å². The molecule has 6 nitrogen and oxygen atoms in total. The van der Waals surface area contributed by atoms with Gasteiger partial charge in [0.05, 0.1) is 24.6 Å². The van der Waals surface area contributed by atoms with Gasteiger partial charge in [-0.05, 0) is 30.2 Å². The Labute approximate surface area is 196 Å². The van der Waals surface area contributed by atoms with Crippen molar-refractivity contribution in [1.29, 1.82) is 0 Å². The Hall–Kier alpha value is -2.54. The number of amides is 1. The van der Waals surface area contributed by atoms with Crippen molar-refractivity contribution in [2.45, 2.75) is 25.9 Å². The number of hydrogen-bond donors (Lipinski definition) is 1. The summed E-state index contributed by atoms with van der Waals surface area (Å²) in [6.07, 6.45) is 4.13. The van der Waals surface area contributed by atoms with Crippen molar-refractivity contribution < 1.29 is 9.53 Å². The average Bonchev–Trinajstić information content (AvgIpc) is 3.14. The first kappa shape index (κ1) is 26.5. The van der Waals surface area contributed by atoms with Crippen molar-refractivity contribution in [2.75, 3.05) is 20.2 Å². The van der Waals surface area contributed by atoms with E-state index in [1.165, 1.54) is 5.56 Å². The standard InChI is InChI=1S/C23H28N4O2.2ClH/c1-18-7-6-10-21(13-18)29-12-11-26(2)23(28)22(24)14-20-16-27(17-25-20)15-19-8-4-3-5-9-19;;/h3-10,13,16-17,22H,11-12,14-15,24H2,1-2H3;2*1H/t22-;;/m0../s1. The van der Waals surface area contributed by atoms with Crippen LogP contribution in [0.3, 0.4) is 0 Å². The quantitative estimate of drug-likeness (QED) is 0.525. The van der Waals surface area contributed by atoms with Crippen LogP contribution in [0.25, 0.3) is 0 Å². The molecule has 1 aromatic heterocycles. The van der Waals surface area contributed by atoms with Gasteiger partial charge in [-0.2, -0.15) is 0 Å². The number of likely N-dealkylation sites (N-methyl/N-ethyl adjacent to an activating group) is 1. The first-order valence-corrected chi connectivity index (χ1v) is 9.76. The minimum atomic E-state index is -0.626. The predicted octanol–water partition coefficient (Wildman–Crippen LogP) is 3.49. The SMILES string of the molecule is Cc1cccc(OCCN(C)C(=O)[C@@H](N)Cc2cn(Cc3ccccc3)cn2)c1.Cl.Cl. The summed E-state index contributed by atoms with van der Waals surface area (Å²) >= 11 is 0. The van der Waals surface area contributed by atoms with Crippen LogP contribution >= 0.6 is 24.8 Å². The van der Waals surface area contributed by atoms with Gasteiger partial charge in [-0.1, -0.05) is 42.5 Å². The molecule has 0 saturated carbocycles. The first-order valence-electron chi connectivity index (χ1n) is 9.76. The van der Waals surface area contributed by atoms with Gasteiger partial charge < -0.3 is 19.9 Å². The van der Waals surface area contributed by atoms with Crippen LogP contribution in [0.4, 0.5) is 0 Å². The maximum Gasteiger partial charge on any atom is 0.239 e. The zero-order chi connectivity index (χ0) is 20.6. The number of aromatic nitrogens is 2. The van der Waals surface area contributed by atoms with E-state index in [1.54, 1.807) is 18.3 Å². The molecule has 1 amide bonds. The summed E-state index contributed by atoms with van der Waals surface area (Å²) in [4.78, 5) is 18.6. The van der Waals surface area contributed by atoms with E-state index in [0.717, 1.165) is 23.6 Å². The van der Waals surface area contributed by atoms with Crippen LogP contribution in [0.15, 0.2) is 67.1 Å². The van der Waals surface area contributed by atoms with Crippen LogP contribution < -0.4 is 10.5 Å². The molecule has 0 spiro atoms. The predicted molar refractivity (Wildman–Crippen MR) is 128 cm³/mol. The molecular formula is C23H30Cl2N4O2. The van der Waals surface area contributed by atoms with Crippen LogP contribution in [0.2, 0.25) is 0 Å². The van der Waals surface area contributed by atoms with Crippen molar-refractivity contribution in [3.05, 3.63) is 83.9 Å². The number of rotatable bonds is 9. The lowest BCUT2D eigenvalue weighted by Gasteiger charge is -2.21. The maximum atomic E-state index is 12.6. The van der Waals surface area contributed by atoms with Gasteiger partial charge in [-0.25, -0.2) is 4.98 Å². The molecule has 2 N–H and O–H groups in total. The minimum Gasteiger partial charge on any atom is -0.492 e. The monoisotopic (exact) mass is 464 g/mol. The van der Waals surface area contributed by atoms with Gasteiger partial charge in [-0.15, -0.1) is 24.8 Å². The van der Waals surface area contributed by atoms with Crippen molar-refractivity contribution in [2.24, 2.45) is 5.73 Å². The number of benzene rings is 2. The molecule has 31 heavy (non-hydrogen) atoms. The molecule has 0 unspecified atom stereocenters. The van der Waals surface area contributed by atoms with Crippen molar-refractivity contribution in [1.82, 2.24) is 14.5 Å². The summed E-state index contributed by atoms with van der Waals surface area (Å²) in [7, 11) is 1.75. The Kier molecular flexibility index (Phi) is 11.1. The Morgan fingerprint density at radius 3 is 2.61 bits per heavy atom. The molecule has 1 atom stereocenters. The fraction of sp³-hybridized carbons (Fsp3) is 0.304. The molecule has 8 heteroatoms. The minimum absolute atomic E-state index is 0. The molecule has 0 aliphatic heterocycles. The molecule has 0 fully saturated rings. The Morgan fingerprint density at radius 1 is 1.16 bits per heavy atom. The second kappa shape index (κ2) is 13.0. The number of ether oxygens (including phenoxy) is 1. The summed E-state index contributed by atoms with van der Waals surface area (Å²) < 4.78 is 7.72. The highest BCUT2D eigenvalue weighted by molar-refractivity contribution is 5.85. The molecular weight excluding hydrogens is 435 g/mol. The third-order valence-electron chi connectivity index (χ3n) is 4.70. The average molecular weight is 465 g/mol. The molecule has 0 aliphatic rings. The molecule has 1 heterocycles. The summed E-state index contributed by atoms with van der Waals surface area (Å²) in [5, 5.41) is 0. The van der Waals surface area contributed by atoms with Crippen LogP contribution in [0.5, 0.6) is 5.75 Å². The molecule has 3 rings (SSSR count). The summed E-state index contributed by atoms with van der Waals surface area (Å²) in [5.41, 5.74) is 9.28. The van der Waals surface area contributed by atoms with E-state index < -0.39 is 6.04 Å². The lowest BCUT2D eigenvalue weighted by Crippen LogP contribution is -2.44. The van der Waals surface area contributed by atoms with E-state index in [-0.39, 0.29) is 30.7 Å². The Balaban J connectivity index is 0.00000240. The second-order valence-corrected chi connectivity index (χ2v) is 7.26. The van der Waals surface area contributed by atoms with E-state index in [2.05, 4.69) is 17.1 Å². The zero-order valence-corrected chi connectivity index (χ0v) is 19.4. The lowest BCUT2D eigenvalue weighted by atomic mass is 10.1. The third kappa shape index (κ3) is 8.25. The number of carbonyl (C=O) groups is 1. The van der Waals surface area contributed by atoms with Crippen LogP contribution in [-0.2, 0) is 17.8 Å². The largest absolute Gasteiger partial charge is 0.492 e. The lowest BCUT2D eigenvalue weighted by molar-refractivity contribution is -0.131. The first-order chi connectivity index (χ1) is 14.0. The summed E-state index contributed by atoms with van der Waals surface area (Å²) in [6, 6.07) is 17.4. The van der Waals surface area contributed by atoms with Gasteiger partial charge in [0.25, 0.3) is 0 Å². The number of nitrogens with two attached hydrogens (primary N) is 1. The smallest absolute Gasteiger partial charge is 0.239 e. The van der Waals surface area contributed by atoms with E-state index in [1.807, 2.05) is 60.2 Å². The summed E-state index contributed by atoms with van der Waals surface area (Å²) in [5.74, 6) is 0.689. The highest BCUT2D eigenvalue weighted by Gasteiger charge is 2.19. The fourth-order valence-electron chi connectivity index (χ4n) is 3.10. The van der Waals surface area contributed by atoms with Gasteiger partial charge in [0.2, 0.25) is 5.91 Å². The van der Waals surface area contributed by atoms with Crippen molar-refractivity contribution in [3.8, 4) is 5.75 Å². The number of imidazole rings is 1. The molecule has 168 valence electrons. The maximum absolute atomic E-state index is 12.6. The number of nitrogens with zero attached hydrogens (tertiary/aromatic N) is 3. The zero-order valence-electron chi connectivity index (χ0n) is 17.8. The fourth-order valence-corrected chi connectivity index (χ4v) is 3.10. The Bertz CT molecular complexity index is 934. The number of halogens is 2. The van der Waals surface area contributed by atoms with Gasteiger partial charge in [0.15, 0.2) is 0 Å². The number of carbonyl (C=O) groups excluding carboxylic acids is 1. The number of hydrogen-bond acceptors (Lipinski definition) is 4. The molecule has 0 aliphatic carbocycles. The number of aryl methyl sites for hydroxylation is 1. The highest BCUT2D eigenvalue weighted by Crippen LogP contribution is 2.12. The normalized spacial score (nSPS) is 11.1. The van der Waals surface area contributed by atoms with E-state index in [0.29, 0.717) is 19.6 Å². The van der Waals surface area contributed by atoms with Crippen LogP contribution in [0.1, 0.15) is 16.8 Å². The van der Waals surface area contributed by atoms with E-state index >= 15 is 0 Å². The molecule has 2 aromatic carbocycles. The molecule has 0 saturated heterocycles. The van der Waals surface area contributed by atoms with Crippen molar-refractivity contribution in [3.63, 3.8) is 0 Å². The van der Waals surface area contributed by atoms with E-state index in [9.17, 15) is 4.79 Å². The topological polar surface area (TPSA) is 73.4 Å². The van der Waals surface area contributed by atoms with Gasteiger partial charge in [0.1, 0.15) is 12.4 Å². The van der Waals surface area contributed by atoms with Gasteiger partial charge >= 0.3 is 0 Å². The van der Waals surface area contributed by atoms with Crippen LogP contribution in [-0.4, -0.2) is 46.6 Å². The molecule has 0 radical (unpaired) electrons. The van der Waals surface area contributed by atoms with Gasteiger partial charge in [0, 0.05) is 26.2 Å². The van der Waals surface area contributed by atoms with Gasteiger partial charge in [-0.3, -0.25) is 4.79 Å². The Morgan fingerprint density at radius 2 is 1.90 bits per heavy atom.